The Labute approximate surface area is 189 Å². The standard InChI is InChI=1S/C22H31N5O4S/c1-16(23)24-12-6-9-20(22(29)25-13-14-26-32(2,30)31)27-21(28)19-11-10-18(15-19)17-7-4-3-5-8-17/h3-5,7-8,10-11,20,24,26H,1,6,9,12-15,23H2,2H3,(H,25,29)(H,27,28). The molecule has 6 N–H and O–H groups in total. The Hall–Kier alpha value is -3.11. The maximum Gasteiger partial charge on any atom is 0.248 e. The van der Waals surface area contributed by atoms with Gasteiger partial charge in [-0.2, -0.15) is 0 Å². The predicted molar refractivity (Wildman–Crippen MR) is 125 cm³/mol. The van der Waals surface area contributed by atoms with Crippen molar-refractivity contribution >= 4 is 27.4 Å². The molecule has 0 saturated heterocycles. The van der Waals surface area contributed by atoms with E-state index in [1.807, 2.05) is 36.4 Å². The largest absolute Gasteiger partial charge is 0.386 e. The lowest BCUT2D eigenvalue weighted by Crippen LogP contribution is -2.48. The highest BCUT2D eigenvalue weighted by Crippen LogP contribution is 2.28. The van der Waals surface area contributed by atoms with E-state index >= 15 is 0 Å². The molecule has 0 bridgehead atoms. The summed E-state index contributed by atoms with van der Waals surface area (Å²) in [5, 5.41) is 8.35. The number of nitrogens with one attached hydrogen (secondary N) is 4. The first kappa shape index (κ1) is 25.2. The Morgan fingerprint density at radius 1 is 1.09 bits per heavy atom. The maximum atomic E-state index is 12.8. The van der Waals surface area contributed by atoms with Gasteiger partial charge in [0.15, 0.2) is 0 Å². The van der Waals surface area contributed by atoms with Crippen molar-refractivity contribution in [3.05, 3.63) is 66.0 Å². The fourth-order valence-electron chi connectivity index (χ4n) is 3.15. The number of hydrogen-bond donors (Lipinski definition) is 5. The summed E-state index contributed by atoms with van der Waals surface area (Å²) in [4.78, 5) is 25.4. The highest BCUT2D eigenvalue weighted by molar-refractivity contribution is 7.88. The van der Waals surface area contributed by atoms with Crippen LogP contribution in [0.1, 0.15) is 24.8 Å². The second-order valence-corrected chi connectivity index (χ2v) is 9.34. The smallest absolute Gasteiger partial charge is 0.248 e. The number of carbonyl (C=O) groups excluding carboxylic acids is 2. The van der Waals surface area contributed by atoms with Gasteiger partial charge in [-0.25, -0.2) is 13.1 Å². The van der Waals surface area contributed by atoms with Crippen LogP contribution in [-0.2, 0) is 19.6 Å². The lowest BCUT2D eigenvalue weighted by molar-refractivity contribution is -0.127. The first-order chi connectivity index (χ1) is 15.2. The number of sulfonamides is 1. The molecular formula is C22H31N5O4S. The second kappa shape index (κ2) is 12.1. The molecule has 1 aromatic rings. The molecule has 1 aromatic carbocycles. The van der Waals surface area contributed by atoms with E-state index in [-0.39, 0.29) is 24.9 Å². The van der Waals surface area contributed by atoms with E-state index in [2.05, 4.69) is 27.3 Å². The van der Waals surface area contributed by atoms with Crippen molar-refractivity contribution in [2.75, 3.05) is 25.9 Å². The monoisotopic (exact) mass is 461 g/mol. The molecule has 32 heavy (non-hydrogen) atoms. The van der Waals surface area contributed by atoms with Crippen LogP contribution in [0.3, 0.4) is 0 Å². The van der Waals surface area contributed by atoms with E-state index < -0.39 is 16.1 Å². The van der Waals surface area contributed by atoms with Gasteiger partial charge in [-0.1, -0.05) is 49.1 Å². The van der Waals surface area contributed by atoms with Crippen molar-refractivity contribution in [1.29, 1.82) is 0 Å². The summed E-state index contributed by atoms with van der Waals surface area (Å²) >= 11 is 0. The van der Waals surface area contributed by atoms with E-state index in [0.717, 1.165) is 17.4 Å². The van der Waals surface area contributed by atoms with Gasteiger partial charge in [0.2, 0.25) is 21.8 Å². The van der Waals surface area contributed by atoms with Crippen LogP contribution in [0.15, 0.2) is 60.5 Å². The van der Waals surface area contributed by atoms with Crippen molar-refractivity contribution in [3.63, 3.8) is 0 Å². The average molecular weight is 462 g/mol. The number of carbonyl (C=O) groups is 2. The first-order valence-electron chi connectivity index (χ1n) is 10.3. The van der Waals surface area contributed by atoms with E-state index in [4.69, 9.17) is 5.73 Å². The molecule has 1 unspecified atom stereocenters. The molecule has 0 spiro atoms. The zero-order valence-electron chi connectivity index (χ0n) is 18.2. The molecule has 1 aliphatic rings. The molecule has 2 rings (SSSR count). The van der Waals surface area contributed by atoms with Gasteiger partial charge in [-0.15, -0.1) is 0 Å². The van der Waals surface area contributed by atoms with Gasteiger partial charge < -0.3 is 21.7 Å². The second-order valence-electron chi connectivity index (χ2n) is 7.50. The van der Waals surface area contributed by atoms with Crippen LogP contribution >= 0.6 is 0 Å². The Balaban J connectivity index is 1.92. The number of rotatable bonds is 13. The third-order valence-electron chi connectivity index (χ3n) is 4.73. The lowest BCUT2D eigenvalue weighted by atomic mass is 10.0. The summed E-state index contributed by atoms with van der Waals surface area (Å²) in [5.41, 5.74) is 8.15. The van der Waals surface area contributed by atoms with Crippen LogP contribution < -0.4 is 26.4 Å². The summed E-state index contributed by atoms with van der Waals surface area (Å²) in [5.74, 6) is -0.356. The van der Waals surface area contributed by atoms with Crippen LogP contribution in [0, 0.1) is 0 Å². The molecule has 0 aromatic heterocycles. The summed E-state index contributed by atoms with van der Waals surface area (Å²) in [7, 11) is -3.34. The minimum absolute atomic E-state index is 0.0648. The minimum atomic E-state index is -3.34. The van der Waals surface area contributed by atoms with Crippen LogP contribution in [0.4, 0.5) is 0 Å². The van der Waals surface area contributed by atoms with Gasteiger partial charge in [0.25, 0.3) is 0 Å². The molecule has 10 heteroatoms. The Bertz CT molecular complexity index is 987. The quantitative estimate of drug-likeness (QED) is 0.268. The minimum Gasteiger partial charge on any atom is -0.386 e. The lowest BCUT2D eigenvalue weighted by Gasteiger charge is -2.19. The van der Waals surface area contributed by atoms with Gasteiger partial charge >= 0.3 is 0 Å². The third kappa shape index (κ3) is 8.94. The zero-order valence-corrected chi connectivity index (χ0v) is 19.0. The maximum absolute atomic E-state index is 12.8. The number of amides is 2. The van der Waals surface area contributed by atoms with Crippen molar-refractivity contribution < 1.29 is 18.0 Å². The van der Waals surface area contributed by atoms with Crippen LogP contribution in [-0.4, -0.2) is 52.2 Å². The van der Waals surface area contributed by atoms with Gasteiger partial charge in [0.1, 0.15) is 6.04 Å². The van der Waals surface area contributed by atoms with E-state index in [9.17, 15) is 18.0 Å². The van der Waals surface area contributed by atoms with Crippen LogP contribution in [0.5, 0.6) is 0 Å². The predicted octanol–water partition coefficient (Wildman–Crippen LogP) is 0.350. The molecular weight excluding hydrogens is 430 g/mol. The highest BCUT2D eigenvalue weighted by atomic mass is 32.2. The Kier molecular flexibility index (Phi) is 9.48. The summed E-state index contributed by atoms with van der Waals surface area (Å²) in [6.45, 7) is 4.24. The molecule has 9 nitrogen and oxygen atoms in total. The molecule has 1 atom stereocenters. The first-order valence-corrected chi connectivity index (χ1v) is 12.2. The normalized spacial score (nSPS) is 14.2. The topological polar surface area (TPSA) is 142 Å². The molecule has 0 aliphatic heterocycles. The van der Waals surface area contributed by atoms with Crippen molar-refractivity contribution in [2.45, 2.75) is 25.3 Å². The average Bonchev–Trinajstić information content (AvgIpc) is 3.23. The molecule has 0 heterocycles. The van der Waals surface area contributed by atoms with Gasteiger partial charge in [-0.3, -0.25) is 9.59 Å². The van der Waals surface area contributed by atoms with Crippen molar-refractivity contribution in [1.82, 2.24) is 20.7 Å². The van der Waals surface area contributed by atoms with Crippen LogP contribution in [0.25, 0.3) is 5.57 Å². The Morgan fingerprint density at radius 3 is 2.47 bits per heavy atom. The number of hydrogen-bond acceptors (Lipinski definition) is 6. The van der Waals surface area contributed by atoms with E-state index in [0.29, 0.717) is 37.2 Å². The summed E-state index contributed by atoms with van der Waals surface area (Å²) < 4.78 is 24.6. The molecule has 0 radical (unpaired) electrons. The highest BCUT2D eigenvalue weighted by Gasteiger charge is 2.24. The van der Waals surface area contributed by atoms with Crippen molar-refractivity contribution in [3.8, 4) is 0 Å². The number of allylic oxidation sites excluding steroid dienone is 3. The van der Waals surface area contributed by atoms with Gasteiger partial charge in [0.05, 0.1) is 12.1 Å². The fraction of sp³-hybridized carbons (Fsp3) is 0.364. The molecule has 0 fully saturated rings. The van der Waals surface area contributed by atoms with Crippen LogP contribution in [0.2, 0.25) is 0 Å². The SMILES string of the molecule is C=C(N)NCCCC(NC(=O)C1=CC=C(c2ccccc2)C1)C(=O)NCCNS(C)(=O)=O. The summed E-state index contributed by atoms with van der Waals surface area (Å²) in [6, 6.07) is 9.02. The van der Waals surface area contributed by atoms with E-state index in [1.54, 1.807) is 6.08 Å². The van der Waals surface area contributed by atoms with Crippen molar-refractivity contribution in [2.24, 2.45) is 5.73 Å². The fourth-order valence-corrected chi connectivity index (χ4v) is 3.62. The van der Waals surface area contributed by atoms with Gasteiger partial charge in [-0.05, 0) is 24.0 Å². The number of benzene rings is 1. The van der Waals surface area contributed by atoms with Gasteiger partial charge in [0, 0.05) is 31.6 Å². The summed E-state index contributed by atoms with van der Waals surface area (Å²) in [6.07, 6.45) is 6.15. The third-order valence-corrected chi connectivity index (χ3v) is 5.46. The van der Waals surface area contributed by atoms with E-state index in [1.165, 1.54) is 0 Å². The molecule has 174 valence electrons. The molecule has 2 amide bonds. The Morgan fingerprint density at radius 2 is 1.81 bits per heavy atom. The molecule has 1 aliphatic carbocycles. The zero-order chi connectivity index (χ0) is 23.6. The molecule has 0 saturated carbocycles. The number of nitrogens with two attached hydrogens (primary N) is 1.